The molecule has 1 amide bonds. The molecular formula is C16H20BrNO4. The monoisotopic (exact) mass is 369 g/mol. The van der Waals surface area contributed by atoms with E-state index < -0.39 is 12.0 Å². The van der Waals surface area contributed by atoms with Crippen LogP contribution in [0.5, 0.6) is 5.75 Å². The number of ether oxygens (including phenoxy) is 1. The smallest absolute Gasteiger partial charge is 0.326 e. The van der Waals surface area contributed by atoms with Gasteiger partial charge in [0.1, 0.15) is 11.8 Å². The highest BCUT2D eigenvalue weighted by atomic mass is 79.9. The van der Waals surface area contributed by atoms with Gasteiger partial charge in [-0.05, 0) is 49.9 Å². The van der Waals surface area contributed by atoms with Crippen LogP contribution in [0, 0.1) is 0 Å². The standard InChI is InChI=1S/C16H20BrNO4/c17-12-6-8-13(9-7-12)22-11-2-1-5-15(19)18-10-3-4-14(18)16(20)21/h6-9,14H,1-5,10-11H2,(H,20,21)/t14-/m0/s1. The first-order valence-corrected chi connectivity index (χ1v) is 8.28. The Hall–Kier alpha value is -1.56. The molecule has 120 valence electrons. The van der Waals surface area contributed by atoms with Crippen molar-refractivity contribution in [2.75, 3.05) is 13.2 Å². The highest BCUT2D eigenvalue weighted by Gasteiger charge is 2.33. The van der Waals surface area contributed by atoms with E-state index in [9.17, 15) is 9.59 Å². The number of carboxylic acid groups (broad SMARTS) is 1. The Morgan fingerprint density at radius 3 is 2.68 bits per heavy atom. The van der Waals surface area contributed by atoms with Gasteiger partial charge in [0.2, 0.25) is 5.91 Å². The minimum Gasteiger partial charge on any atom is -0.494 e. The van der Waals surface area contributed by atoms with Crippen LogP contribution in [-0.4, -0.2) is 41.1 Å². The number of carbonyl (C=O) groups excluding carboxylic acids is 1. The van der Waals surface area contributed by atoms with E-state index in [1.807, 2.05) is 24.3 Å². The lowest BCUT2D eigenvalue weighted by atomic mass is 10.2. The van der Waals surface area contributed by atoms with Gasteiger partial charge < -0.3 is 14.7 Å². The van der Waals surface area contributed by atoms with Crippen molar-refractivity contribution in [3.8, 4) is 5.75 Å². The molecule has 2 rings (SSSR count). The molecular weight excluding hydrogens is 350 g/mol. The predicted molar refractivity (Wildman–Crippen MR) is 85.9 cm³/mol. The van der Waals surface area contributed by atoms with Crippen molar-refractivity contribution in [3.63, 3.8) is 0 Å². The van der Waals surface area contributed by atoms with Crippen LogP contribution in [0.2, 0.25) is 0 Å². The number of hydrogen-bond acceptors (Lipinski definition) is 3. The maximum Gasteiger partial charge on any atom is 0.326 e. The zero-order valence-electron chi connectivity index (χ0n) is 12.3. The number of amides is 1. The summed E-state index contributed by atoms with van der Waals surface area (Å²) in [6.07, 6.45) is 3.20. The molecule has 22 heavy (non-hydrogen) atoms. The van der Waals surface area contributed by atoms with Crippen LogP contribution in [-0.2, 0) is 9.59 Å². The topological polar surface area (TPSA) is 66.8 Å². The summed E-state index contributed by atoms with van der Waals surface area (Å²) in [5, 5.41) is 9.07. The Morgan fingerprint density at radius 1 is 1.27 bits per heavy atom. The van der Waals surface area contributed by atoms with E-state index in [1.54, 1.807) is 0 Å². The van der Waals surface area contributed by atoms with Gasteiger partial charge in [-0.1, -0.05) is 15.9 Å². The molecule has 1 aliphatic rings. The number of rotatable bonds is 7. The van der Waals surface area contributed by atoms with Gasteiger partial charge in [-0.15, -0.1) is 0 Å². The van der Waals surface area contributed by atoms with Gasteiger partial charge >= 0.3 is 5.97 Å². The van der Waals surface area contributed by atoms with E-state index in [0.717, 1.165) is 23.1 Å². The van der Waals surface area contributed by atoms with Crippen LogP contribution in [0.4, 0.5) is 0 Å². The van der Waals surface area contributed by atoms with Crippen molar-refractivity contribution >= 4 is 27.8 Å². The fourth-order valence-corrected chi connectivity index (χ4v) is 2.83. The number of carbonyl (C=O) groups is 2. The molecule has 1 aromatic rings. The van der Waals surface area contributed by atoms with Gasteiger partial charge in [-0.25, -0.2) is 4.79 Å². The number of benzene rings is 1. The minimum atomic E-state index is -0.899. The second kappa shape index (κ2) is 8.17. The van der Waals surface area contributed by atoms with Crippen LogP contribution in [0.25, 0.3) is 0 Å². The first-order chi connectivity index (χ1) is 10.6. The fourth-order valence-electron chi connectivity index (χ4n) is 2.56. The minimum absolute atomic E-state index is 0.0615. The summed E-state index contributed by atoms with van der Waals surface area (Å²) >= 11 is 3.36. The third-order valence-corrected chi connectivity index (χ3v) is 4.25. The molecule has 0 bridgehead atoms. The van der Waals surface area contributed by atoms with E-state index in [1.165, 1.54) is 4.90 Å². The summed E-state index contributed by atoms with van der Waals surface area (Å²) in [6.45, 7) is 1.11. The highest BCUT2D eigenvalue weighted by Crippen LogP contribution is 2.19. The van der Waals surface area contributed by atoms with E-state index in [0.29, 0.717) is 32.4 Å². The average Bonchev–Trinajstić information content (AvgIpc) is 2.98. The zero-order valence-corrected chi connectivity index (χ0v) is 13.9. The van der Waals surface area contributed by atoms with Gasteiger partial charge in [0.15, 0.2) is 0 Å². The third-order valence-electron chi connectivity index (χ3n) is 3.73. The number of halogens is 1. The van der Waals surface area contributed by atoms with Gasteiger partial charge in [0.05, 0.1) is 6.61 Å². The average molecular weight is 370 g/mol. The summed E-state index contributed by atoms with van der Waals surface area (Å²) < 4.78 is 6.59. The molecule has 1 saturated heterocycles. The maximum absolute atomic E-state index is 12.0. The number of hydrogen-bond donors (Lipinski definition) is 1. The predicted octanol–water partition coefficient (Wildman–Crippen LogP) is 3.07. The molecule has 1 N–H and O–H groups in total. The van der Waals surface area contributed by atoms with E-state index >= 15 is 0 Å². The Labute approximate surface area is 138 Å². The Morgan fingerprint density at radius 2 is 2.00 bits per heavy atom. The van der Waals surface area contributed by atoms with Crippen LogP contribution in [0.15, 0.2) is 28.7 Å². The Balaban J connectivity index is 1.65. The summed E-state index contributed by atoms with van der Waals surface area (Å²) in [6, 6.07) is 6.97. The number of unbranched alkanes of at least 4 members (excludes halogenated alkanes) is 1. The van der Waals surface area contributed by atoms with E-state index in [-0.39, 0.29) is 5.91 Å². The Kier molecular flexibility index (Phi) is 6.24. The zero-order chi connectivity index (χ0) is 15.9. The molecule has 1 aliphatic heterocycles. The highest BCUT2D eigenvalue weighted by molar-refractivity contribution is 9.10. The second-order valence-electron chi connectivity index (χ2n) is 5.34. The number of carboxylic acids is 1. The number of nitrogens with zero attached hydrogens (tertiary/aromatic N) is 1. The molecule has 0 spiro atoms. The first kappa shape index (κ1) is 16.8. The largest absolute Gasteiger partial charge is 0.494 e. The third kappa shape index (κ3) is 4.73. The molecule has 1 fully saturated rings. The number of aliphatic carboxylic acids is 1. The molecule has 0 unspecified atom stereocenters. The van der Waals surface area contributed by atoms with Crippen LogP contribution < -0.4 is 4.74 Å². The molecule has 1 aromatic carbocycles. The number of likely N-dealkylation sites (tertiary alicyclic amines) is 1. The molecule has 6 heteroatoms. The quantitative estimate of drug-likeness (QED) is 0.750. The lowest BCUT2D eigenvalue weighted by Gasteiger charge is -2.21. The van der Waals surface area contributed by atoms with Gasteiger partial charge in [-0.3, -0.25) is 4.79 Å². The molecule has 1 atom stereocenters. The molecule has 0 aliphatic carbocycles. The first-order valence-electron chi connectivity index (χ1n) is 7.48. The molecule has 0 aromatic heterocycles. The fraction of sp³-hybridized carbons (Fsp3) is 0.500. The summed E-state index contributed by atoms with van der Waals surface area (Å²) in [7, 11) is 0. The van der Waals surface area contributed by atoms with Crippen molar-refractivity contribution in [1.82, 2.24) is 4.90 Å². The van der Waals surface area contributed by atoms with Crippen molar-refractivity contribution in [3.05, 3.63) is 28.7 Å². The summed E-state index contributed by atoms with van der Waals surface area (Å²) in [4.78, 5) is 24.6. The maximum atomic E-state index is 12.0. The second-order valence-corrected chi connectivity index (χ2v) is 6.26. The van der Waals surface area contributed by atoms with Crippen LogP contribution in [0.3, 0.4) is 0 Å². The summed E-state index contributed by atoms with van der Waals surface area (Å²) in [5.41, 5.74) is 0. The van der Waals surface area contributed by atoms with Crippen molar-refractivity contribution < 1.29 is 19.4 Å². The lowest BCUT2D eigenvalue weighted by molar-refractivity contribution is -0.148. The van der Waals surface area contributed by atoms with Crippen LogP contribution >= 0.6 is 15.9 Å². The Bertz CT molecular complexity index is 517. The lowest BCUT2D eigenvalue weighted by Crippen LogP contribution is -2.40. The van der Waals surface area contributed by atoms with E-state index in [2.05, 4.69) is 15.9 Å². The molecule has 1 heterocycles. The van der Waals surface area contributed by atoms with Gasteiger partial charge in [-0.2, -0.15) is 0 Å². The molecule has 5 nitrogen and oxygen atoms in total. The molecule has 0 radical (unpaired) electrons. The normalized spacial score (nSPS) is 17.5. The van der Waals surface area contributed by atoms with Gasteiger partial charge in [0, 0.05) is 17.4 Å². The van der Waals surface area contributed by atoms with Crippen molar-refractivity contribution in [1.29, 1.82) is 0 Å². The van der Waals surface area contributed by atoms with Crippen LogP contribution in [0.1, 0.15) is 32.1 Å². The van der Waals surface area contributed by atoms with Crippen molar-refractivity contribution in [2.24, 2.45) is 0 Å². The van der Waals surface area contributed by atoms with Crippen molar-refractivity contribution in [2.45, 2.75) is 38.1 Å². The SMILES string of the molecule is O=C(O)[C@@H]1CCCN1C(=O)CCCCOc1ccc(Br)cc1. The van der Waals surface area contributed by atoms with Gasteiger partial charge in [0.25, 0.3) is 0 Å². The van der Waals surface area contributed by atoms with E-state index in [4.69, 9.17) is 9.84 Å². The molecule has 0 saturated carbocycles. The summed E-state index contributed by atoms with van der Waals surface area (Å²) in [5.74, 6) is -0.155.